The van der Waals surface area contributed by atoms with Crippen LogP contribution in [-0.4, -0.2) is 18.9 Å². The third-order valence-electron chi connectivity index (χ3n) is 9.49. The Morgan fingerprint density at radius 1 is 0.543 bits per heavy atom. The average Bonchev–Trinajstić information content (AvgIpc) is 3.80. The molecule has 0 spiro atoms. The number of rotatable bonds is 3. The van der Waals surface area contributed by atoms with Gasteiger partial charge < -0.3 is 4.42 Å². The number of hydrogen-bond acceptors (Lipinski definition) is 3. The predicted molar refractivity (Wildman–Crippen MR) is 189 cm³/mol. The molecule has 10 aromatic rings. The Bertz CT molecular complexity index is 2850. The fourth-order valence-corrected chi connectivity index (χ4v) is 7.44. The Balaban J connectivity index is 1.34. The predicted octanol–water partition coefficient (Wildman–Crippen LogP) is 10.8. The van der Waals surface area contributed by atoms with Gasteiger partial charge in [-0.1, -0.05) is 98.8 Å². The van der Waals surface area contributed by atoms with Crippen molar-refractivity contribution in [1.29, 1.82) is 0 Å². The molecule has 0 saturated carbocycles. The largest absolute Gasteiger partial charge is 0.453 e. The molecule has 0 radical (unpaired) electrons. The number of para-hydroxylation sites is 5. The molecule has 10 rings (SSSR count). The van der Waals surface area contributed by atoms with Gasteiger partial charge in [-0.05, 0) is 59.3 Å². The highest BCUT2D eigenvalue weighted by Crippen LogP contribution is 2.42. The Morgan fingerprint density at radius 2 is 1.24 bits per heavy atom. The standard InChI is InChI=1S/C41H28N4O/c1-24(2)25-12-5-8-19-34(25)44-36-21-10-7-18-32(36)42-41(44)31-17-11-16-28-29-22-23-33-37(39(29)46-38(28)31)45-35-20-9-6-14-27(35)26-13-3-4-15-30(26)40(45)43-33/h3-24H,1-2H3. The molecule has 0 amide bonds. The molecule has 4 aromatic heterocycles. The van der Waals surface area contributed by atoms with E-state index in [1.807, 2.05) is 0 Å². The molecule has 0 N–H and O–H groups in total. The summed E-state index contributed by atoms with van der Waals surface area (Å²) >= 11 is 0. The number of furan rings is 1. The van der Waals surface area contributed by atoms with Crippen LogP contribution in [0, 0.1) is 0 Å². The smallest absolute Gasteiger partial charge is 0.161 e. The molecule has 6 aromatic carbocycles. The molecule has 0 aliphatic rings. The molecular formula is C41H28N4O. The number of imidazole rings is 2. The highest BCUT2D eigenvalue weighted by molar-refractivity contribution is 6.20. The molecule has 0 fully saturated rings. The Hall–Kier alpha value is -5.94. The van der Waals surface area contributed by atoms with Crippen LogP contribution in [0.2, 0.25) is 0 Å². The van der Waals surface area contributed by atoms with E-state index in [1.165, 1.54) is 16.3 Å². The number of nitrogens with zero attached hydrogens (tertiary/aromatic N) is 4. The summed E-state index contributed by atoms with van der Waals surface area (Å²) in [6.07, 6.45) is 0. The fraction of sp³-hybridized carbons (Fsp3) is 0.0732. The van der Waals surface area contributed by atoms with Gasteiger partial charge in [0, 0.05) is 21.5 Å². The number of hydrogen-bond donors (Lipinski definition) is 0. The second kappa shape index (κ2) is 9.29. The van der Waals surface area contributed by atoms with Gasteiger partial charge in [-0.3, -0.25) is 8.97 Å². The van der Waals surface area contributed by atoms with Crippen molar-refractivity contribution >= 4 is 71.3 Å². The topological polar surface area (TPSA) is 48.3 Å². The van der Waals surface area contributed by atoms with Crippen molar-refractivity contribution in [3.8, 4) is 17.1 Å². The number of benzene rings is 6. The van der Waals surface area contributed by atoms with Crippen LogP contribution in [-0.2, 0) is 0 Å². The minimum absolute atomic E-state index is 0.349. The van der Waals surface area contributed by atoms with Crippen LogP contribution in [0.15, 0.2) is 132 Å². The molecular weight excluding hydrogens is 564 g/mol. The first-order valence-electron chi connectivity index (χ1n) is 15.8. The van der Waals surface area contributed by atoms with Crippen LogP contribution in [0.25, 0.3) is 88.4 Å². The zero-order valence-corrected chi connectivity index (χ0v) is 25.4. The summed E-state index contributed by atoms with van der Waals surface area (Å²) in [5, 5.41) is 5.64. The molecule has 0 aliphatic heterocycles. The van der Waals surface area contributed by atoms with Crippen LogP contribution in [0.1, 0.15) is 25.3 Å². The molecule has 0 atom stereocenters. The van der Waals surface area contributed by atoms with Gasteiger partial charge in [-0.25, -0.2) is 9.97 Å². The van der Waals surface area contributed by atoms with Crippen LogP contribution >= 0.6 is 0 Å². The highest BCUT2D eigenvalue weighted by Gasteiger charge is 2.23. The van der Waals surface area contributed by atoms with E-state index in [1.54, 1.807) is 0 Å². The Labute approximate surface area is 264 Å². The maximum atomic E-state index is 7.03. The maximum absolute atomic E-state index is 7.03. The lowest BCUT2D eigenvalue weighted by molar-refractivity contribution is 0.672. The van der Waals surface area contributed by atoms with Crippen molar-refractivity contribution in [2.24, 2.45) is 0 Å². The number of pyridine rings is 1. The van der Waals surface area contributed by atoms with Crippen molar-refractivity contribution in [1.82, 2.24) is 18.9 Å². The normalized spacial score (nSPS) is 12.3. The molecule has 5 heteroatoms. The summed E-state index contributed by atoms with van der Waals surface area (Å²) in [5.74, 6) is 1.21. The summed E-state index contributed by atoms with van der Waals surface area (Å²) < 4.78 is 11.6. The van der Waals surface area contributed by atoms with E-state index in [0.29, 0.717) is 5.92 Å². The molecule has 4 heterocycles. The van der Waals surface area contributed by atoms with E-state index in [9.17, 15) is 0 Å². The quantitative estimate of drug-likeness (QED) is 0.192. The number of aromatic nitrogens is 4. The van der Waals surface area contributed by atoms with Crippen LogP contribution in [0.5, 0.6) is 0 Å². The third-order valence-corrected chi connectivity index (χ3v) is 9.49. The molecule has 218 valence electrons. The van der Waals surface area contributed by atoms with E-state index >= 15 is 0 Å². The molecule has 0 aliphatic carbocycles. The van der Waals surface area contributed by atoms with E-state index in [0.717, 1.165) is 77.6 Å². The van der Waals surface area contributed by atoms with E-state index < -0.39 is 0 Å². The molecule has 0 bridgehead atoms. The maximum Gasteiger partial charge on any atom is 0.161 e. The van der Waals surface area contributed by atoms with Crippen LogP contribution in [0.4, 0.5) is 0 Å². The van der Waals surface area contributed by atoms with Crippen molar-refractivity contribution in [3.63, 3.8) is 0 Å². The highest BCUT2D eigenvalue weighted by atomic mass is 16.3. The van der Waals surface area contributed by atoms with Gasteiger partial charge in [-0.2, -0.15) is 0 Å². The zero-order valence-electron chi connectivity index (χ0n) is 25.4. The summed E-state index contributed by atoms with van der Waals surface area (Å²) in [7, 11) is 0. The first kappa shape index (κ1) is 25.4. The summed E-state index contributed by atoms with van der Waals surface area (Å²) in [5.41, 5.74) is 11.0. The van der Waals surface area contributed by atoms with Gasteiger partial charge in [0.15, 0.2) is 5.58 Å². The Kier molecular flexibility index (Phi) is 5.13. The molecule has 0 unspecified atom stereocenters. The third kappa shape index (κ3) is 3.34. The van der Waals surface area contributed by atoms with Crippen molar-refractivity contribution in [2.45, 2.75) is 19.8 Å². The Morgan fingerprint density at radius 3 is 2.11 bits per heavy atom. The summed E-state index contributed by atoms with van der Waals surface area (Å²) in [6.45, 7) is 4.48. The zero-order chi connectivity index (χ0) is 30.5. The monoisotopic (exact) mass is 592 g/mol. The van der Waals surface area contributed by atoms with Gasteiger partial charge in [0.25, 0.3) is 0 Å². The van der Waals surface area contributed by atoms with Crippen LogP contribution in [0.3, 0.4) is 0 Å². The number of fused-ring (bicyclic) bond motifs is 13. The van der Waals surface area contributed by atoms with Crippen LogP contribution < -0.4 is 0 Å². The van der Waals surface area contributed by atoms with Crippen molar-refractivity contribution < 1.29 is 4.42 Å². The van der Waals surface area contributed by atoms with Crippen molar-refractivity contribution in [3.05, 3.63) is 133 Å². The van der Waals surface area contributed by atoms with E-state index in [4.69, 9.17) is 14.4 Å². The minimum atomic E-state index is 0.349. The van der Waals surface area contributed by atoms with E-state index in [2.05, 4.69) is 150 Å². The summed E-state index contributed by atoms with van der Waals surface area (Å²) in [6, 6.07) is 44.8. The lowest BCUT2D eigenvalue weighted by Gasteiger charge is -2.16. The van der Waals surface area contributed by atoms with E-state index in [-0.39, 0.29) is 0 Å². The molecule has 5 nitrogen and oxygen atoms in total. The first-order valence-corrected chi connectivity index (χ1v) is 15.8. The second-order valence-corrected chi connectivity index (χ2v) is 12.4. The first-order chi connectivity index (χ1) is 22.7. The summed E-state index contributed by atoms with van der Waals surface area (Å²) in [4.78, 5) is 10.4. The second-order valence-electron chi connectivity index (χ2n) is 12.4. The van der Waals surface area contributed by atoms with Gasteiger partial charge >= 0.3 is 0 Å². The van der Waals surface area contributed by atoms with Crippen molar-refractivity contribution in [2.75, 3.05) is 0 Å². The average molecular weight is 593 g/mol. The molecule has 0 saturated heterocycles. The van der Waals surface area contributed by atoms with Gasteiger partial charge in [-0.15, -0.1) is 0 Å². The van der Waals surface area contributed by atoms with Gasteiger partial charge in [0.2, 0.25) is 0 Å². The lowest BCUT2D eigenvalue weighted by atomic mass is 10.0. The SMILES string of the molecule is CC(C)c1ccccc1-n1c(-c2cccc3c2oc2c3ccc3nc4c5ccccc5c5ccccc5n4c32)nc2ccccc21. The minimum Gasteiger partial charge on any atom is -0.453 e. The van der Waals surface area contributed by atoms with Gasteiger partial charge in [0.1, 0.15) is 22.6 Å². The van der Waals surface area contributed by atoms with Gasteiger partial charge in [0.05, 0.1) is 33.3 Å². The molecule has 46 heavy (non-hydrogen) atoms. The lowest BCUT2D eigenvalue weighted by Crippen LogP contribution is -2.03. The fourth-order valence-electron chi connectivity index (χ4n) is 7.44.